The lowest BCUT2D eigenvalue weighted by Crippen LogP contribution is -2.26. The Bertz CT molecular complexity index is 494. The number of hydrogen-bond acceptors (Lipinski definition) is 2. The van der Waals surface area contributed by atoms with E-state index in [0.29, 0.717) is 17.9 Å². The molecule has 1 amide bonds. The smallest absolute Gasteiger partial charge is 0.351 e. The molecule has 0 radical (unpaired) electrons. The van der Waals surface area contributed by atoms with Crippen LogP contribution in [0, 0.1) is 0 Å². The molecule has 0 aliphatic heterocycles. The zero-order chi connectivity index (χ0) is 17.0. The first-order valence-corrected chi connectivity index (χ1v) is 7.36. The van der Waals surface area contributed by atoms with Gasteiger partial charge in [-0.25, -0.2) is 0 Å². The normalized spacial score (nSPS) is 12.3. The summed E-state index contributed by atoms with van der Waals surface area (Å²) in [4.78, 5) is 11.7. The molecule has 0 unspecified atom stereocenters. The Kier molecular flexibility index (Phi) is 6.16. The van der Waals surface area contributed by atoms with Crippen LogP contribution in [0.4, 0.5) is 26.3 Å². The van der Waals surface area contributed by atoms with Crippen LogP contribution in [0.3, 0.4) is 0 Å². The van der Waals surface area contributed by atoms with Crippen LogP contribution in [0.5, 0.6) is 0 Å². The second-order valence-electron chi connectivity index (χ2n) is 4.25. The predicted molar refractivity (Wildman–Crippen MR) is 71.8 cm³/mol. The summed E-state index contributed by atoms with van der Waals surface area (Å²) in [7, 11) is 0. The van der Waals surface area contributed by atoms with Gasteiger partial charge < -0.3 is 5.32 Å². The Labute approximate surface area is 127 Å². The third-order valence-corrected chi connectivity index (χ3v) is 3.49. The van der Waals surface area contributed by atoms with Crippen LogP contribution in [-0.4, -0.2) is 24.0 Å². The molecule has 0 bridgehead atoms. The van der Waals surface area contributed by atoms with Crippen LogP contribution in [0.25, 0.3) is 0 Å². The third kappa shape index (κ3) is 5.43. The van der Waals surface area contributed by atoms with Crippen molar-refractivity contribution in [2.75, 3.05) is 18.1 Å². The first-order valence-electron chi connectivity index (χ1n) is 6.21. The molecule has 0 fully saturated rings. The molecular weight excluding hydrogens is 332 g/mol. The Hall–Kier alpha value is -1.38. The van der Waals surface area contributed by atoms with Gasteiger partial charge in [-0.15, -0.1) is 0 Å². The Morgan fingerprint density at radius 3 is 1.95 bits per heavy atom. The minimum atomic E-state index is -4.96. The van der Waals surface area contributed by atoms with Crippen LogP contribution in [0.15, 0.2) is 18.2 Å². The molecule has 0 aliphatic carbocycles. The lowest BCUT2D eigenvalue weighted by molar-refractivity contribution is -0.143. The van der Waals surface area contributed by atoms with Gasteiger partial charge >= 0.3 is 12.4 Å². The molecule has 0 aliphatic rings. The standard InChI is InChI=1S/C13H13F6NOS/c1-2-22-4-3-20-11(21)8-5-9(12(14,15)16)7-10(6-8)13(17,18)19/h5-7H,2-4H2,1H3,(H,20,21). The van der Waals surface area contributed by atoms with Gasteiger partial charge in [0.15, 0.2) is 0 Å². The number of hydrogen-bond donors (Lipinski definition) is 1. The van der Waals surface area contributed by atoms with E-state index in [2.05, 4.69) is 5.32 Å². The number of nitrogens with one attached hydrogen (secondary N) is 1. The van der Waals surface area contributed by atoms with Crippen molar-refractivity contribution < 1.29 is 31.1 Å². The fourth-order valence-corrected chi connectivity index (χ4v) is 2.10. The van der Waals surface area contributed by atoms with E-state index in [1.54, 1.807) is 0 Å². The number of halogens is 6. The van der Waals surface area contributed by atoms with Crippen molar-refractivity contribution in [2.45, 2.75) is 19.3 Å². The van der Waals surface area contributed by atoms with E-state index in [1.165, 1.54) is 11.8 Å². The fraction of sp³-hybridized carbons (Fsp3) is 0.462. The molecule has 1 N–H and O–H groups in total. The lowest BCUT2D eigenvalue weighted by Gasteiger charge is -2.14. The zero-order valence-corrected chi connectivity index (χ0v) is 12.3. The second kappa shape index (κ2) is 7.26. The molecule has 1 aromatic carbocycles. The molecule has 0 spiro atoms. The Balaban J connectivity index is 3.05. The highest BCUT2D eigenvalue weighted by molar-refractivity contribution is 7.99. The molecule has 9 heteroatoms. The molecule has 124 valence electrons. The molecule has 0 atom stereocenters. The summed E-state index contributed by atoms with van der Waals surface area (Å²) in [5.41, 5.74) is -3.67. The quantitative estimate of drug-likeness (QED) is 0.640. The number of alkyl halides is 6. The molecule has 1 rings (SSSR count). The van der Waals surface area contributed by atoms with Crippen molar-refractivity contribution in [1.82, 2.24) is 5.32 Å². The number of benzene rings is 1. The molecule has 2 nitrogen and oxygen atoms in total. The van der Waals surface area contributed by atoms with E-state index in [4.69, 9.17) is 0 Å². The van der Waals surface area contributed by atoms with Crippen molar-refractivity contribution in [3.05, 3.63) is 34.9 Å². The van der Waals surface area contributed by atoms with Crippen molar-refractivity contribution in [1.29, 1.82) is 0 Å². The lowest BCUT2D eigenvalue weighted by atomic mass is 10.0. The van der Waals surface area contributed by atoms with E-state index < -0.39 is 35.0 Å². The third-order valence-electron chi connectivity index (χ3n) is 2.59. The Morgan fingerprint density at radius 2 is 1.55 bits per heavy atom. The molecule has 0 saturated carbocycles. The van der Waals surface area contributed by atoms with Crippen LogP contribution in [-0.2, 0) is 12.4 Å². The summed E-state index contributed by atoms with van der Waals surface area (Å²) >= 11 is 1.49. The number of rotatable bonds is 5. The van der Waals surface area contributed by atoms with Crippen LogP contribution < -0.4 is 5.32 Å². The number of amides is 1. The summed E-state index contributed by atoms with van der Waals surface area (Å²) in [6.07, 6.45) is -9.93. The largest absolute Gasteiger partial charge is 0.416 e. The highest BCUT2D eigenvalue weighted by Crippen LogP contribution is 2.36. The predicted octanol–water partition coefficient (Wildman–Crippen LogP) is 4.21. The summed E-state index contributed by atoms with van der Waals surface area (Å²) < 4.78 is 75.9. The topological polar surface area (TPSA) is 29.1 Å². The highest BCUT2D eigenvalue weighted by Gasteiger charge is 2.37. The summed E-state index contributed by atoms with van der Waals surface area (Å²) in [6.45, 7) is 2.05. The molecule has 0 aromatic heterocycles. The average Bonchev–Trinajstić information content (AvgIpc) is 2.41. The van der Waals surface area contributed by atoms with Crippen molar-refractivity contribution in [3.63, 3.8) is 0 Å². The van der Waals surface area contributed by atoms with E-state index in [9.17, 15) is 31.1 Å². The fourth-order valence-electron chi connectivity index (χ4n) is 1.57. The molecule has 0 heterocycles. The van der Waals surface area contributed by atoms with Gasteiger partial charge in [0.1, 0.15) is 0 Å². The van der Waals surface area contributed by atoms with Gasteiger partial charge in [-0.1, -0.05) is 6.92 Å². The summed E-state index contributed by atoms with van der Waals surface area (Å²) in [6, 6.07) is 0.818. The van der Waals surface area contributed by atoms with Gasteiger partial charge in [-0.3, -0.25) is 4.79 Å². The maximum atomic E-state index is 12.6. The van der Waals surface area contributed by atoms with Gasteiger partial charge in [-0.05, 0) is 24.0 Å². The number of carbonyl (C=O) groups excluding carboxylic acids is 1. The monoisotopic (exact) mass is 345 g/mol. The van der Waals surface area contributed by atoms with E-state index >= 15 is 0 Å². The average molecular weight is 345 g/mol. The van der Waals surface area contributed by atoms with Gasteiger partial charge in [0.2, 0.25) is 0 Å². The molecule has 22 heavy (non-hydrogen) atoms. The first kappa shape index (κ1) is 18.7. The first-order chi connectivity index (χ1) is 10.1. The Morgan fingerprint density at radius 1 is 1.05 bits per heavy atom. The van der Waals surface area contributed by atoms with Crippen LogP contribution in [0.1, 0.15) is 28.4 Å². The van der Waals surface area contributed by atoms with Crippen molar-refractivity contribution in [3.8, 4) is 0 Å². The molecule has 0 saturated heterocycles. The van der Waals surface area contributed by atoms with E-state index in [-0.39, 0.29) is 12.6 Å². The van der Waals surface area contributed by atoms with Gasteiger partial charge in [-0.2, -0.15) is 38.1 Å². The van der Waals surface area contributed by atoms with E-state index in [1.807, 2.05) is 6.92 Å². The summed E-state index contributed by atoms with van der Waals surface area (Å²) in [5, 5.41) is 2.30. The number of thioether (sulfide) groups is 1. The van der Waals surface area contributed by atoms with Gasteiger partial charge in [0.05, 0.1) is 11.1 Å². The van der Waals surface area contributed by atoms with Crippen molar-refractivity contribution in [2.24, 2.45) is 0 Å². The second-order valence-corrected chi connectivity index (χ2v) is 5.64. The van der Waals surface area contributed by atoms with Crippen LogP contribution >= 0.6 is 11.8 Å². The zero-order valence-electron chi connectivity index (χ0n) is 11.4. The minimum absolute atomic E-state index is 0.0102. The van der Waals surface area contributed by atoms with Crippen LogP contribution in [0.2, 0.25) is 0 Å². The maximum Gasteiger partial charge on any atom is 0.416 e. The van der Waals surface area contributed by atoms with E-state index in [0.717, 1.165) is 5.75 Å². The SMILES string of the molecule is CCSCCNC(=O)c1cc(C(F)(F)F)cc(C(F)(F)F)c1. The van der Waals surface area contributed by atoms with Crippen molar-refractivity contribution >= 4 is 17.7 Å². The maximum absolute atomic E-state index is 12.6. The highest BCUT2D eigenvalue weighted by atomic mass is 32.2. The molecule has 1 aromatic rings. The van der Waals surface area contributed by atoms with Gasteiger partial charge in [0.25, 0.3) is 5.91 Å². The minimum Gasteiger partial charge on any atom is -0.351 e. The summed E-state index contributed by atoms with van der Waals surface area (Å²) in [5.74, 6) is 0.346. The van der Waals surface area contributed by atoms with Gasteiger partial charge in [0, 0.05) is 17.9 Å². The number of carbonyl (C=O) groups is 1. The molecular formula is C13H13F6NOS.